The maximum absolute atomic E-state index is 12.2. The standard InChI is InChI=1S/C14H17ClO/c1-9-3-5-11(7-9)14(16)12-6-4-10(2)13(15)8-12/h4,6,8-9,11H,3,5,7H2,1-2H3. The topological polar surface area (TPSA) is 17.1 Å². The van der Waals surface area contributed by atoms with Crippen LogP contribution in [-0.2, 0) is 0 Å². The lowest BCUT2D eigenvalue weighted by molar-refractivity contribution is 0.0920. The highest BCUT2D eigenvalue weighted by molar-refractivity contribution is 6.31. The van der Waals surface area contributed by atoms with E-state index in [4.69, 9.17) is 11.6 Å². The van der Waals surface area contributed by atoms with Crippen molar-refractivity contribution in [1.29, 1.82) is 0 Å². The highest BCUT2D eigenvalue weighted by Gasteiger charge is 2.28. The zero-order valence-electron chi connectivity index (χ0n) is 9.79. The van der Waals surface area contributed by atoms with Crippen LogP contribution < -0.4 is 0 Å². The number of hydrogen-bond donors (Lipinski definition) is 0. The summed E-state index contributed by atoms with van der Waals surface area (Å²) in [5.74, 6) is 1.18. The van der Waals surface area contributed by atoms with Crippen molar-refractivity contribution in [1.82, 2.24) is 0 Å². The van der Waals surface area contributed by atoms with Crippen LogP contribution in [0.15, 0.2) is 18.2 Å². The van der Waals surface area contributed by atoms with E-state index >= 15 is 0 Å². The molecule has 0 aliphatic heterocycles. The molecule has 0 spiro atoms. The zero-order valence-corrected chi connectivity index (χ0v) is 10.6. The molecular formula is C14H17ClO. The first kappa shape index (κ1) is 11.7. The van der Waals surface area contributed by atoms with E-state index < -0.39 is 0 Å². The Morgan fingerprint density at radius 3 is 2.69 bits per heavy atom. The van der Waals surface area contributed by atoms with E-state index in [-0.39, 0.29) is 11.7 Å². The molecule has 2 rings (SSSR count). The predicted molar refractivity (Wildman–Crippen MR) is 67.0 cm³/mol. The van der Waals surface area contributed by atoms with Crippen molar-refractivity contribution >= 4 is 17.4 Å². The fraction of sp³-hybridized carbons (Fsp3) is 0.500. The molecule has 1 fully saturated rings. The first-order valence-corrected chi connectivity index (χ1v) is 6.26. The normalized spacial score (nSPS) is 24.7. The maximum atomic E-state index is 12.2. The lowest BCUT2D eigenvalue weighted by atomic mass is 9.95. The van der Waals surface area contributed by atoms with E-state index in [1.807, 2.05) is 25.1 Å². The van der Waals surface area contributed by atoms with Gasteiger partial charge in [0.1, 0.15) is 0 Å². The number of hydrogen-bond acceptors (Lipinski definition) is 1. The van der Waals surface area contributed by atoms with Gasteiger partial charge in [-0.3, -0.25) is 4.79 Å². The summed E-state index contributed by atoms with van der Waals surface area (Å²) in [4.78, 5) is 12.2. The highest BCUT2D eigenvalue weighted by atomic mass is 35.5. The van der Waals surface area contributed by atoms with Crippen molar-refractivity contribution in [2.24, 2.45) is 11.8 Å². The van der Waals surface area contributed by atoms with Gasteiger partial charge in [0.25, 0.3) is 0 Å². The molecule has 1 aromatic rings. The third-order valence-electron chi connectivity index (χ3n) is 3.52. The fourth-order valence-electron chi connectivity index (χ4n) is 2.43. The van der Waals surface area contributed by atoms with E-state index in [2.05, 4.69) is 6.92 Å². The Balaban J connectivity index is 2.18. The number of ketones is 1. The molecule has 0 aromatic heterocycles. The summed E-state index contributed by atoms with van der Waals surface area (Å²) < 4.78 is 0. The quantitative estimate of drug-likeness (QED) is 0.701. The molecule has 86 valence electrons. The van der Waals surface area contributed by atoms with Crippen LogP contribution in [0, 0.1) is 18.8 Å². The molecular weight excluding hydrogens is 220 g/mol. The summed E-state index contributed by atoms with van der Waals surface area (Å²) in [5.41, 5.74) is 1.80. The molecule has 0 saturated heterocycles. The van der Waals surface area contributed by atoms with Crippen LogP contribution >= 0.6 is 11.6 Å². The number of halogens is 1. The molecule has 0 amide bonds. The van der Waals surface area contributed by atoms with Crippen LogP contribution in [0.4, 0.5) is 0 Å². The van der Waals surface area contributed by atoms with Gasteiger partial charge in [-0.05, 0) is 43.7 Å². The summed E-state index contributed by atoms with van der Waals surface area (Å²) in [6.45, 7) is 4.17. The highest BCUT2D eigenvalue weighted by Crippen LogP contribution is 2.33. The van der Waals surface area contributed by atoms with Gasteiger partial charge in [-0.2, -0.15) is 0 Å². The molecule has 1 aromatic carbocycles. The molecule has 0 N–H and O–H groups in total. The van der Waals surface area contributed by atoms with E-state index in [1.54, 1.807) is 0 Å². The second kappa shape index (κ2) is 4.58. The molecule has 2 heteroatoms. The largest absolute Gasteiger partial charge is 0.294 e. The lowest BCUT2D eigenvalue weighted by Crippen LogP contribution is -2.11. The van der Waals surface area contributed by atoms with Gasteiger partial charge in [-0.15, -0.1) is 0 Å². The van der Waals surface area contributed by atoms with Gasteiger partial charge in [-0.1, -0.05) is 30.7 Å². The van der Waals surface area contributed by atoms with E-state index in [0.29, 0.717) is 10.9 Å². The second-order valence-electron chi connectivity index (χ2n) is 4.94. The number of benzene rings is 1. The van der Waals surface area contributed by atoms with Crippen LogP contribution in [0.2, 0.25) is 5.02 Å². The number of rotatable bonds is 2. The lowest BCUT2D eigenvalue weighted by Gasteiger charge is -2.09. The van der Waals surface area contributed by atoms with Crippen molar-refractivity contribution in [2.75, 3.05) is 0 Å². The van der Waals surface area contributed by atoms with E-state index in [0.717, 1.165) is 24.0 Å². The molecule has 0 radical (unpaired) electrons. The van der Waals surface area contributed by atoms with Gasteiger partial charge in [-0.25, -0.2) is 0 Å². The van der Waals surface area contributed by atoms with Gasteiger partial charge >= 0.3 is 0 Å². The van der Waals surface area contributed by atoms with Gasteiger partial charge < -0.3 is 0 Å². The Kier molecular flexibility index (Phi) is 3.34. The van der Waals surface area contributed by atoms with Gasteiger partial charge in [0.05, 0.1) is 0 Å². The molecule has 1 nitrogen and oxygen atoms in total. The number of carbonyl (C=O) groups is 1. The van der Waals surface area contributed by atoms with Crippen molar-refractivity contribution in [3.63, 3.8) is 0 Å². The van der Waals surface area contributed by atoms with Crippen LogP contribution in [0.1, 0.15) is 42.1 Å². The smallest absolute Gasteiger partial charge is 0.166 e. The van der Waals surface area contributed by atoms with Crippen LogP contribution in [0.5, 0.6) is 0 Å². The number of aryl methyl sites for hydroxylation is 1. The molecule has 16 heavy (non-hydrogen) atoms. The minimum atomic E-state index is 0.216. The Morgan fingerprint density at radius 1 is 1.38 bits per heavy atom. The van der Waals surface area contributed by atoms with E-state index in [1.165, 1.54) is 6.42 Å². The Morgan fingerprint density at radius 2 is 2.12 bits per heavy atom. The van der Waals surface area contributed by atoms with Crippen molar-refractivity contribution < 1.29 is 4.79 Å². The number of Topliss-reactive ketones (excluding diaryl/α,β-unsaturated/α-hetero) is 1. The van der Waals surface area contributed by atoms with Crippen LogP contribution in [0.3, 0.4) is 0 Å². The first-order valence-electron chi connectivity index (χ1n) is 5.88. The predicted octanol–water partition coefficient (Wildman–Crippen LogP) is 4.27. The van der Waals surface area contributed by atoms with Crippen LogP contribution in [-0.4, -0.2) is 5.78 Å². The van der Waals surface area contributed by atoms with Gasteiger partial charge in [0.15, 0.2) is 5.78 Å². The summed E-state index contributed by atoms with van der Waals surface area (Å²) in [5, 5.41) is 0.692. The zero-order chi connectivity index (χ0) is 11.7. The fourth-order valence-corrected chi connectivity index (χ4v) is 2.61. The minimum absolute atomic E-state index is 0.216. The summed E-state index contributed by atoms with van der Waals surface area (Å²) >= 11 is 6.04. The molecule has 2 atom stereocenters. The Bertz CT molecular complexity index is 411. The Hall–Kier alpha value is -0.820. The SMILES string of the molecule is Cc1ccc(C(=O)C2CCC(C)C2)cc1Cl. The van der Waals surface area contributed by atoms with Gasteiger partial charge in [0.2, 0.25) is 0 Å². The summed E-state index contributed by atoms with van der Waals surface area (Å²) in [6, 6.07) is 5.63. The minimum Gasteiger partial charge on any atom is -0.294 e. The molecule has 1 saturated carbocycles. The Labute approximate surface area is 102 Å². The van der Waals surface area contributed by atoms with Crippen molar-refractivity contribution in [3.8, 4) is 0 Å². The molecule has 0 bridgehead atoms. The van der Waals surface area contributed by atoms with Gasteiger partial charge in [0, 0.05) is 16.5 Å². The summed E-state index contributed by atoms with van der Waals surface area (Å²) in [6.07, 6.45) is 3.24. The van der Waals surface area contributed by atoms with E-state index in [9.17, 15) is 4.79 Å². The average molecular weight is 237 g/mol. The van der Waals surface area contributed by atoms with Crippen LogP contribution in [0.25, 0.3) is 0 Å². The third-order valence-corrected chi connectivity index (χ3v) is 3.93. The third kappa shape index (κ3) is 2.30. The number of carbonyl (C=O) groups excluding carboxylic acids is 1. The monoisotopic (exact) mass is 236 g/mol. The first-order chi connectivity index (χ1) is 7.58. The molecule has 0 heterocycles. The molecule has 2 unspecified atom stereocenters. The molecule has 1 aliphatic rings. The average Bonchev–Trinajstić information content (AvgIpc) is 2.68. The summed E-state index contributed by atoms with van der Waals surface area (Å²) in [7, 11) is 0. The maximum Gasteiger partial charge on any atom is 0.166 e. The molecule has 1 aliphatic carbocycles. The van der Waals surface area contributed by atoms with Crippen molar-refractivity contribution in [3.05, 3.63) is 34.3 Å². The second-order valence-corrected chi connectivity index (χ2v) is 5.35. The van der Waals surface area contributed by atoms with Crippen molar-refractivity contribution in [2.45, 2.75) is 33.1 Å².